The first-order valence-electron chi connectivity index (χ1n) is 17.0. The summed E-state index contributed by atoms with van der Waals surface area (Å²) in [5.41, 5.74) is -1.72. The minimum Gasteiger partial charge on any atom is -0.387 e. The number of aromatic nitrogens is 8. The molecule has 3 fully saturated rings. The number of aromatic amines is 2. The van der Waals surface area contributed by atoms with Crippen molar-refractivity contribution in [3.05, 3.63) is 33.4 Å². The summed E-state index contributed by atoms with van der Waals surface area (Å²) in [7, 11) is 0. The van der Waals surface area contributed by atoms with Crippen LogP contribution in [0.1, 0.15) is 40.2 Å². The molecule has 4 aromatic rings. The molecule has 3 aliphatic rings. The van der Waals surface area contributed by atoms with Crippen molar-refractivity contribution >= 4 is 82.9 Å². The van der Waals surface area contributed by atoms with Gasteiger partial charge in [-0.15, -0.1) is 0 Å². The largest absolute Gasteiger partial charge is 0.387 e. The number of aliphatic hydroxyl groups excluding tert-OH is 2. The van der Waals surface area contributed by atoms with Crippen LogP contribution in [0.5, 0.6) is 0 Å². The first-order chi connectivity index (χ1) is 26.3. The summed E-state index contributed by atoms with van der Waals surface area (Å²) >= 11 is 10.8. The molecule has 10 N–H and O–H groups in total. The minimum absolute atomic E-state index is 0.0563. The van der Waals surface area contributed by atoms with Crippen molar-refractivity contribution in [2.75, 3.05) is 23.8 Å². The standard InChI is InChI=1S/C28H38N12O12P2S2/c1-9(2)21(43)33-27-31-19-15(23(45)35-27)29-7-39(19)25-17(41)13-11(51-25)5-49-54(48,56)38-14-12(6-50-53(47,55)37-13)52-26(18(14)42)40-8-30-16-20(40)32-28(36-24(16)46)34-22(44)10(3)4/h7-14,17-18,25-26,41-42H,5-6H2,1-4H3,(H2,37,47,55)(H2,38,48,56)(H2,31,33,35,43,45)(H2,32,34,36,44,46)/t11-,12-,13-,14-,17-,18-,25-,26-,53?,54?/m1/s1. The molecule has 28 heteroatoms. The predicted molar refractivity (Wildman–Crippen MR) is 202 cm³/mol. The van der Waals surface area contributed by atoms with Crippen LogP contribution in [0.2, 0.25) is 0 Å². The lowest BCUT2D eigenvalue weighted by Crippen LogP contribution is -2.47. The average Bonchev–Trinajstić information content (AvgIpc) is 3.87. The maximum atomic E-state index is 12.8. The molecule has 56 heavy (non-hydrogen) atoms. The molecule has 2 amide bonds. The van der Waals surface area contributed by atoms with Gasteiger partial charge in [0.05, 0.1) is 38.0 Å². The van der Waals surface area contributed by atoms with Gasteiger partial charge in [0.1, 0.15) is 24.4 Å². The molecular formula is C28H38N12O12P2S2. The third-order valence-electron chi connectivity index (χ3n) is 9.15. The van der Waals surface area contributed by atoms with Crippen molar-refractivity contribution in [3.8, 4) is 0 Å². The highest BCUT2D eigenvalue weighted by Crippen LogP contribution is 2.48. The van der Waals surface area contributed by atoms with Crippen LogP contribution in [0.4, 0.5) is 11.9 Å². The number of anilines is 2. The lowest BCUT2D eigenvalue weighted by Gasteiger charge is -2.31. The Balaban J connectivity index is 1.15. The van der Waals surface area contributed by atoms with E-state index in [1.54, 1.807) is 27.7 Å². The van der Waals surface area contributed by atoms with Gasteiger partial charge in [-0.3, -0.25) is 48.9 Å². The number of hydrogen-bond donors (Lipinski definition) is 10. The molecule has 10 atom stereocenters. The SMILES string of the molecule is CC(C)C(=O)Nc1nc2c(ncn2[C@@H]2O[C@@H]3COP(O)(=S)N[C@H]4[C@@H](O)[C@H](n5cnc6c(=O)[nH]c(NC(=O)C(C)C)nc65)O[C@@H]4COP(O)(=S)N[C@H]3[C@H]2O)c(=O)[nH]1. The third kappa shape index (κ3) is 8.00. The van der Waals surface area contributed by atoms with Crippen LogP contribution >= 0.6 is 13.3 Å². The summed E-state index contributed by atoms with van der Waals surface area (Å²) in [5.74, 6) is -2.02. The smallest absolute Gasteiger partial charge is 0.280 e. The van der Waals surface area contributed by atoms with Crippen LogP contribution in [0.15, 0.2) is 22.2 Å². The molecule has 0 saturated carbocycles. The van der Waals surface area contributed by atoms with Crippen LogP contribution in [-0.2, 0) is 51.7 Å². The number of carbonyl (C=O) groups excluding carboxylic acids is 2. The van der Waals surface area contributed by atoms with Crippen molar-refractivity contribution in [2.45, 2.75) is 76.7 Å². The molecule has 0 radical (unpaired) electrons. The molecule has 24 nitrogen and oxygen atoms in total. The zero-order valence-electron chi connectivity index (χ0n) is 29.8. The van der Waals surface area contributed by atoms with Gasteiger partial charge in [-0.25, -0.2) is 20.1 Å². The Morgan fingerprint density at radius 1 is 0.768 bits per heavy atom. The average molecular weight is 861 g/mol. The van der Waals surface area contributed by atoms with Crippen LogP contribution in [0, 0.1) is 11.8 Å². The van der Waals surface area contributed by atoms with Gasteiger partial charge >= 0.3 is 0 Å². The van der Waals surface area contributed by atoms with E-state index >= 15 is 0 Å². The number of amides is 2. The van der Waals surface area contributed by atoms with Crippen molar-refractivity contribution in [2.24, 2.45) is 11.8 Å². The fourth-order valence-corrected chi connectivity index (χ4v) is 9.55. The van der Waals surface area contributed by atoms with E-state index in [-0.39, 0.29) is 34.2 Å². The van der Waals surface area contributed by atoms with Gasteiger partial charge in [0.2, 0.25) is 23.7 Å². The second-order valence-electron chi connectivity index (χ2n) is 13.8. The Bertz CT molecular complexity index is 2240. The van der Waals surface area contributed by atoms with Gasteiger partial charge in [0.15, 0.2) is 34.8 Å². The number of ether oxygens (including phenoxy) is 2. The molecule has 3 aliphatic heterocycles. The lowest BCUT2D eigenvalue weighted by molar-refractivity contribution is -0.119. The van der Waals surface area contributed by atoms with E-state index in [1.807, 2.05) is 0 Å². The van der Waals surface area contributed by atoms with Gasteiger partial charge < -0.3 is 38.5 Å². The molecule has 0 aromatic carbocycles. The number of hydrogen-bond acceptors (Lipinski definition) is 16. The van der Waals surface area contributed by atoms with Gasteiger partial charge in [-0.1, -0.05) is 27.7 Å². The number of imidazole rings is 2. The third-order valence-corrected chi connectivity index (χ3v) is 12.7. The van der Waals surface area contributed by atoms with E-state index in [9.17, 15) is 39.2 Å². The Labute approximate surface area is 325 Å². The lowest BCUT2D eigenvalue weighted by atomic mass is 10.1. The number of nitrogens with one attached hydrogen (secondary N) is 6. The first-order valence-corrected chi connectivity index (χ1v) is 22.4. The van der Waals surface area contributed by atoms with Gasteiger partial charge in [-0.2, -0.15) is 9.97 Å². The molecule has 0 aliphatic carbocycles. The van der Waals surface area contributed by atoms with Crippen molar-refractivity contribution in [1.82, 2.24) is 49.2 Å². The highest BCUT2D eigenvalue weighted by Gasteiger charge is 2.51. The Hall–Kier alpha value is -3.46. The molecule has 3 saturated heterocycles. The number of H-pyrrole nitrogens is 2. The van der Waals surface area contributed by atoms with Crippen molar-refractivity contribution in [1.29, 1.82) is 0 Å². The maximum absolute atomic E-state index is 12.8. The second-order valence-corrected chi connectivity index (χ2v) is 19.9. The maximum Gasteiger partial charge on any atom is 0.280 e. The van der Waals surface area contributed by atoms with E-state index in [0.29, 0.717) is 0 Å². The summed E-state index contributed by atoms with van der Waals surface area (Å²) in [6, 6.07) is -2.45. The predicted octanol–water partition coefficient (Wildman–Crippen LogP) is -1.64. The summed E-state index contributed by atoms with van der Waals surface area (Å²) in [4.78, 5) is 94.6. The van der Waals surface area contributed by atoms with E-state index in [4.69, 9.17) is 42.1 Å². The highest BCUT2D eigenvalue weighted by molar-refractivity contribution is 8.08. The summed E-state index contributed by atoms with van der Waals surface area (Å²) in [6.45, 7) is -2.46. The van der Waals surface area contributed by atoms with Crippen molar-refractivity contribution < 1.29 is 48.1 Å². The zero-order chi connectivity index (χ0) is 40.4. The van der Waals surface area contributed by atoms with E-state index in [1.165, 1.54) is 21.8 Å². The fraction of sp³-hybridized carbons (Fsp3) is 0.571. The van der Waals surface area contributed by atoms with Crippen molar-refractivity contribution in [3.63, 3.8) is 0 Å². The number of carbonyl (C=O) groups is 2. The molecule has 2 unspecified atom stereocenters. The number of rotatable bonds is 6. The Kier molecular flexibility index (Phi) is 11.2. The fourth-order valence-electron chi connectivity index (χ4n) is 6.21. The van der Waals surface area contributed by atoms with E-state index < -0.39 is 110 Å². The minimum atomic E-state index is -4.03. The number of nitrogens with zero attached hydrogens (tertiary/aromatic N) is 6. The first kappa shape index (κ1) is 40.7. The van der Waals surface area contributed by atoms with Gasteiger partial charge in [-0.05, 0) is 23.6 Å². The molecule has 7 rings (SSSR count). The molecule has 304 valence electrons. The molecule has 0 spiro atoms. The molecule has 0 bridgehead atoms. The van der Waals surface area contributed by atoms with E-state index in [2.05, 4.69) is 50.7 Å². The van der Waals surface area contributed by atoms with Crippen LogP contribution in [0.3, 0.4) is 0 Å². The van der Waals surface area contributed by atoms with Gasteiger partial charge in [0, 0.05) is 11.8 Å². The molecule has 4 aromatic heterocycles. The van der Waals surface area contributed by atoms with E-state index in [0.717, 1.165) is 0 Å². The quantitative estimate of drug-likeness (QED) is 0.0972. The number of aliphatic hydroxyl groups is 2. The normalized spacial score (nSPS) is 32.6. The number of fused-ring (bicyclic) bond motifs is 4. The zero-order valence-corrected chi connectivity index (χ0v) is 33.2. The monoisotopic (exact) mass is 860 g/mol. The summed E-state index contributed by atoms with van der Waals surface area (Å²) in [6.07, 6.45) is -5.69. The molecule has 7 heterocycles. The van der Waals surface area contributed by atoms with Crippen LogP contribution < -0.4 is 31.9 Å². The van der Waals surface area contributed by atoms with Crippen LogP contribution in [-0.4, -0.2) is 121 Å². The highest BCUT2D eigenvalue weighted by atomic mass is 32.5. The molecular weight excluding hydrogens is 822 g/mol. The summed E-state index contributed by atoms with van der Waals surface area (Å²) < 4.78 is 26.3. The summed E-state index contributed by atoms with van der Waals surface area (Å²) in [5, 5.41) is 33.6. The van der Waals surface area contributed by atoms with Gasteiger partial charge in [0.25, 0.3) is 24.4 Å². The van der Waals surface area contributed by atoms with Crippen LogP contribution in [0.25, 0.3) is 22.3 Å². The topological polar surface area (TPSA) is 327 Å². The Morgan fingerprint density at radius 3 is 1.50 bits per heavy atom. The second kappa shape index (κ2) is 15.4. The Morgan fingerprint density at radius 2 is 1.14 bits per heavy atom.